The van der Waals surface area contributed by atoms with Gasteiger partial charge in [-0.3, -0.25) is 4.79 Å². The summed E-state index contributed by atoms with van der Waals surface area (Å²) in [5, 5.41) is 8.76. The Labute approximate surface area is 104 Å². The van der Waals surface area contributed by atoms with Crippen LogP contribution in [0.1, 0.15) is 29.4 Å². The van der Waals surface area contributed by atoms with Crippen molar-refractivity contribution in [3.63, 3.8) is 0 Å². The van der Waals surface area contributed by atoms with Crippen molar-refractivity contribution in [1.82, 2.24) is 10.6 Å². The molecule has 2 rings (SSSR count). The van der Waals surface area contributed by atoms with Gasteiger partial charge in [-0.15, -0.1) is 11.3 Å². The van der Waals surface area contributed by atoms with Crippen molar-refractivity contribution in [2.75, 3.05) is 6.54 Å². The monoisotopic (exact) mass is 258 g/mol. The smallest absolute Gasteiger partial charge is 0.263 e. The van der Waals surface area contributed by atoms with Gasteiger partial charge >= 0.3 is 0 Å². The molecule has 88 valence electrons. The normalized spacial score (nSPS) is 25.4. The Hall–Kier alpha value is -0.580. The number of amides is 1. The number of halogens is 1. The maximum atomic E-state index is 11.9. The fourth-order valence-electron chi connectivity index (χ4n) is 1.93. The summed E-state index contributed by atoms with van der Waals surface area (Å²) in [6.45, 7) is 3.13. The molecule has 0 bridgehead atoms. The first-order valence-electron chi connectivity index (χ1n) is 5.45. The minimum Gasteiger partial charge on any atom is -0.347 e. The van der Waals surface area contributed by atoms with Crippen molar-refractivity contribution in [1.29, 1.82) is 0 Å². The molecule has 1 saturated heterocycles. The number of hydrogen-bond acceptors (Lipinski definition) is 3. The van der Waals surface area contributed by atoms with Crippen molar-refractivity contribution in [3.8, 4) is 0 Å². The van der Waals surface area contributed by atoms with Crippen molar-refractivity contribution >= 4 is 28.8 Å². The third-order valence-electron chi connectivity index (χ3n) is 2.90. The van der Waals surface area contributed by atoms with E-state index >= 15 is 0 Å². The standard InChI is InChI=1S/C11H15ClN2OS/c1-7-9(3-2-5-13-7)14-11(15)10-8(12)4-6-16-10/h4,6-7,9,13H,2-3,5H2,1H3,(H,14,15). The van der Waals surface area contributed by atoms with Gasteiger partial charge < -0.3 is 10.6 Å². The van der Waals surface area contributed by atoms with Gasteiger partial charge in [-0.05, 0) is 37.8 Å². The maximum Gasteiger partial charge on any atom is 0.263 e. The summed E-state index contributed by atoms with van der Waals surface area (Å²) in [5.74, 6) is -0.0550. The first-order valence-corrected chi connectivity index (χ1v) is 6.71. The molecule has 1 fully saturated rings. The first-order chi connectivity index (χ1) is 7.68. The van der Waals surface area contributed by atoms with E-state index in [1.165, 1.54) is 11.3 Å². The summed E-state index contributed by atoms with van der Waals surface area (Å²) in [6.07, 6.45) is 2.14. The molecule has 1 aromatic rings. The highest BCUT2D eigenvalue weighted by molar-refractivity contribution is 7.12. The van der Waals surface area contributed by atoms with Crippen LogP contribution in [0.15, 0.2) is 11.4 Å². The molecule has 1 aliphatic rings. The third kappa shape index (κ3) is 2.56. The molecule has 1 aliphatic heterocycles. The minimum absolute atomic E-state index is 0.0550. The van der Waals surface area contributed by atoms with Crippen molar-refractivity contribution in [3.05, 3.63) is 21.3 Å². The predicted molar refractivity (Wildman–Crippen MR) is 67.3 cm³/mol. The fraction of sp³-hybridized carbons (Fsp3) is 0.545. The van der Waals surface area contributed by atoms with Gasteiger partial charge in [0.25, 0.3) is 5.91 Å². The maximum absolute atomic E-state index is 11.9. The fourth-order valence-corrected chi connectivity index (χ4v) is 2.97. The number of piperidine rings is 1. The molecule has 0 saturated carbocycles. The molecule has 0 radical (unpaired) electrons. The Bertz CT molecular complexity index is 380. The van der Waals surface area contributed by atoms with E-state index in [9.17, 15) is 4.79 Å². The van der Waals surface area contributed by atoms with Crippen molar-refractivity contribution < 1.29 is 4.79 Å². The van der Waals surface area contributed by atoms with Crippen molar-refractivity contribution in [2.45, 2.75) is 31.8 Å². The zero-order valence-electron chi connectivity index (χ0n) is 9.13. The zero-order valence-corrected chi connectivity index (χ0v) is 10.7. The van der Waals surface area contributed by atoms with Gasteiger partial charge in [0.2, 0.25) is 0 Å². The second-order valence-corrected chi connectivity index (χ2v) is 5.39. The number of hydrogen-bond donors (Lipinski definition) is 2. The molecule has 2 N–H and O–H groups in total. The van der Waals surface area contributed by atoms with E-state index in [2.05, 4.69) is 17.6 Å². The second-order valence-electron chi connectivity index (χ2n) is 4.06. The molecule has 0 aromatic carbocycles. The highest BCUT2D eigenvalue weighted by atomic mass is 35.5. The van der Waals surface area contributed by atoms with E-state index in [4.69, 9.17) is 11.6 Å². The van der Waals surface area contributed by atoms with Crippen LogP contribution in [0, 0.1) is 0 Å². The van der Waals surface area contributed by atoms with Crippen LogP contribution < -0.4 is 10.6 Å². The SMILES string of the molecule is CC1NCCCC1NC(=O)c1sccc1Cl. The van der Waals surface area contributed by atoms with Crippen LogP contribution in [0.3, 0.4) is 0 Å². The molecule has 0 aliphatic carbocycles. The van der Waals surface area contributed by atoms with E-state index in [1.807, 2.05) is 5.38 Å². The number of nitrogens with one attached hydrogen (secondary N) is 2. The number of carbonyl (C=O) groups excluding carboxylic acids is 1. The van der Waals surface area contributed by atoms with Crippen LogP contribution in [0.4, 0.5) is 0 Å². The molecule has 0 spiro atoms. The van der Waals surface area contributed by atoms with E-state index in [0.29, 0.717) is 15.9 Å². The van der Waals surface area contributed by atoms with Gasteiger partial charge in [-0.2, -0.15) is 0 Å². The average molecular weight is 259 g/mol. The minimum atomic E-state index is -0.0550. The second kappa shape index (κ2) is 5.17. The van der Waals surface area contributed by atoms with Crippen LogP contribution in [-0.4, -0.2) is 24.5 Å². The van der Waals surface area contributed by atoms with E-state index in [1.54, 1.807) is 6.07 Å². The number of carbonyl (C=O) groups is 1. The van der Waals surface area contributed by atoms with Gasteiger partial charge in [-0.25, -0.2) is 0 Å². The Morgan fingerprint density at radius 2 is 2.50 bits per heavy atom. The largest absolute Gasteiger partial charge is 0.347 e. The molecule has 5 heteroatoms. The van der Waals surface area contributed by atoms with E-state index < -0.39 is 0 Å². The average Bonchev–Trinajstić information content (AvgIpc) is 2.68. The van der Waals surface area contributed by atoms with E-state index in [0.717, 1.165) is 19.4 Å². The van der Waals surface area contributed by atoms with Gasteiger partial charge in [0.15, 0.2) is 0 Å². The van der Waals surface area contributed by atoms with Crippen LogP contribution >= 0.6 is 22.9 Å². The molecular formula is C11H15ClN2OS. The van der Waals surface area contributed by atoms with Gasteiger partial charge in [0.05, 0.1) is 5.02 Å². The number of rotatable bonds is 2. The summed E-state index contributed by atoms with van der Waals surface area (Å²) >= 11 is 7.31. The van der Waals surface area contributed by atoms with E-state index in [-0.39, 0.29) is 11.9 Å². The summed E-state index contributed by atoms with van der Waals surface area (Å²) in [6, 6.07) is 2.29. The lowest BCUT2D eigenvalue weighted by Crippen LogP contribution is -2.51. The molecule has 1 aromatic heterocycles. The molecule has 2 heterocycles. The van der Waals surface area contributed by atoms with Crippen LogP contribution in [0.2, 0.25) is 5.02 Å². The Kier molecular flexibility index (Phi) is 3.84. The Morgan fingerprint density at radius 3 is 3.12 bits per heavy atom. The van der Waals surface area contributed by atoms with Crippen molar-refractivity contribution in [2.24, 2.45) is 0 Å². The molecule has 1 amide bonds. The molecule has 16 heavy (non-hydrogen) atoms. The van der Waals surface area contributed by atoms with Gasteiger partial charge in [-0.1, -0.05) is 11.6 Å². The van der Waals surface area contributed by atoms with Crippen LogP contribution in [0.25, 0.3) is 0 Å². The lowest BCUT2D eigenvalue weighted by Gasteiger charge is -2.30. The lowest BCUT2D eigenvalue weighted by molar-refractivity contribution is 0.0924. The predicted octanol–water partition coefficient (Wildman–Crippen LogP) is 2.27. The summed E-state index contributed by atoms with van der Waals surface area (Å²) in [5.41, 5.74) is 0. The topological polar surface area (TPSA) is 41.1 Å². The molecule has 2 atom stereocenters. The van der Waals surface area contributed by atoms with Crippen LogP contribution in [-0.2, 0) is 0 Å². The lowest BCUT2D eigenvalue weighted by atomic mass is 10.00. The molecular weight excluding hydrogens is 244 g/mol. The summed E-state index contributed by atoms with van der Waals surface area (Å²) in [4.78, 5) is 12.5. The summed E-state index contributed by atoms with van der Waals surface area (Å²) in [7, 11) is 0. The van der Waals surface area contributed by atoms with Gasteiger partial charge in [0, 0.05) is 12.1 Å². The number of thiophene rings is 1. The quantitative estimate of drug-likeness (QED) is 0.855. The highest BCUT2D eigenvalue weighted by Gasteiger charge is 2.23. The third-order valence-corrected chi connectivity index (χ3v) is 4.24. The molecule has 3 nitrogen and oxygen atoms in total. The first kappa shape index (κ1) is 11.9. The molecule has 2 unspecified atom stereocenters. The van der Waals surface area contributed by atoms with Gasteiger partial charge in [0.1, 0.15) is 4.88 Å². The Morgan fingerprint density at radius 1 is 1.69 bits per heavy atom. The highest BCUT2D eigenvalue weighted by Crippen LogP contribution is 2.22. The zero-order chi connectivity index (χ0) is 11.5. The summed E-state index contributed by atoms with van der Waals surface area (Å²) < 4.78 is 0. The van der Waals surface area contributed by atoms with Crippen LogP contribution in [0.5, 0.6) is 0 Å². The Balaban J connectivity index is 1.99.